The number of carbonyl (C=O) groups is 4. The van der Waals surface area contributed by atoms with Crippen LogP contribution >= 0.6 is 23.2 Å². The first-order valence-corrected chi connectivity index (χ1v) is 22.3. The lowest BCUT2D eigenvalue weighted by molar-refractivity contribution is -0.180. The third-order valence-corrected chi connectivity index (χ3v) is 13.0. The zero-order valence-corrected chi connectivity index (χ0v) is 36.8. The number of morpholine rings is 2. The number of fused-ring (bicyclic) bond motifs is 2. The molecule has 6 atom stereocenters. The number of rotatable bonds is 12. The van der Waals surface area contributed by atoms with Crippen LogP contribution in [0.25, 0.3) is 22.1 Å². The second-order valence-corrected chi connectivity index (χ2v) is 18.1. The van der Waals surface area contributed by atoms with E-state index in [0.29, 0.717) is 46.6 Å². The maximum Gasteiger partial charge on any atom is 0.306 e. The first kappa shape index (κ1) is 43.5. The zero-order chi connectivity index (χ0) is 44.8. The van der Waals surface area contributed by atoms with Gasteiger partial charge in [0, 0.05) is 37.2 Å². The van der Waals surface area contributed by atoms with E-state index in [1.165, 1.54) is 0 Å². The Kier molecular flexibility index (Phi) is 12.2. The minimum absolute atomic E-state index is 0.297. The molecule has 2 aliphatic heterocycles. The van der Waals surface area contributed by atoms with E-state index < -0.39 is 48.4 Å². The van der Waals surface area contributed by atoms with Crippen molar-refractivity contribution in [1.29, 1.82) is 0 Å². The number of carboxylic acids is 2. The highest BCUT2D eigenvalue weighted by Gasteiger charge is 2.49. The quantitative estimate of drug-likeness (QED) is 0.122. The molecule has 0 unspecified atom stereocenters. The number of hydrogen-bond donors (Lipinski definition) is 2. The number of benzene rings is 4. The van der Waals surface area contributed by atoms with Gasteiger partial charge >= 0.3 is 11.9 Å². The number of hydrogen-bond acceptors (Lipinski definition) is 8. The number of ether oxygens (including phenoxy) is 2. The molecular formula is C48H48Cl2N6O8. The summed E-state index contributed by atoms with van der Waals surface area (Å²) in [6, 6.07) is 29.3. The third kappa shape index (κ3) is 8.97. The lowest BCUT2D eigenvalue weighted by Gasteiger charge is -2.44. The summed E-state index contributed by atoms with van der Waals surface area (Å²) in [5.74, 6) is -0.483. The Labute approximate surface area is 379 Å². The number of carbonyl (C=O) groups excluding carboxylic acids is 2. The average Bonchev–Trinajstić information content (AvgIpc) is 4.21. The summed E-state index contributed by atoms with van der Waals surface area (Å²) in [5, 5.41) is 19.9. The number of aryl methyl sites for hydroxylation is 2. The van der Waals surface area contributed by atoms with Crippen LogP contribution in [0.15, 0.2) is 97.1 Å². The summed E-state index contributed by atoms with van der Waals surface area (Å²) in [6.07, 6.45) is 0.184. The average molecular weight is 908 g/mol. The summed E-state index contributed by atoms with van der Waals surface area (Å²) in [5.41, 5.74) is 5.16. The molecule has 2 aromatic heterocycles. The first-order valence-electron chi connectivity index (χ1n) is 21.5. The topological polar surface area (TPSA) is 169 Å². The highest BCUT2D eigenvalue weighted by Crippen LogP contribution is 2.47. The molecule has 16 heteroatoms. The molecule has 2 N–H and O–H groups in total. The number of halogens is 2. The fraction of sp³-hybridized carbons (Fsp3) is 0.375. The molecule has 332 valence electrons. The van der Waals surface area contributed by atoms with Crippen molar-refractivity contribution in [3.05, 3.63) is 130 Å². The van der Waals surface area contributed by atoms with Crippen LogP contribution in [-0.2, 0) is 42.7 Å². The van der Waals surface area contributed by atoms with Crippen molar-refractivity contribution in [2.75, 3.05) is 13.1 Å². The summed E-state index contributed by atoms with van der Waals surface area (Å²) < 4.78 is 16.4. The van der Waals surface area contributed by atoms with Gasteiger partial charge in [-0.15, -0.1) is 0 Å². The number of para-hydroxylation sites is 4. The van der Waals surface area contributed by atoms with E-state index in [0.717, 1.165) is 58.9 Å². The molecule has 10 rings (SSSR count). The molecule has 64 heavy (non-hydrogen) atoms. The van der Waals surface area contributed by atoms with Gasteiger partial charge in [-0.05, 0) is 97.2 Å². The van der Waals surface area contributed by atoms with E-state index in [2.05, 4.69) is 0 Å². The van der Waals surface area contributed by atoms with Gasteiger partial charge in [-0.2, -0.15) is 0 Å². The SMILES string of the molecule is Cn1c([C@@H]2[C@@H](c3cccc(Cl)c3)O[C@@H](CC(=O)O)C(=O)N2CC2CC2)nc2ccccc21.Cn1c([C@H]2[C@H](c3cccc(Cl)c3)O[C@H](CC(=O)O)C(=O)N2CC2CC2)nc2ccccc21. The Morgan fingerprint density at radius 1 is 0.609 bits per heavy atom. The van der Waals surface area contributed by atoms with Gasteiger partial charge in [-0.1, -0.05) is 71.7 Å². The van der Waals surface area contributed by atoms with Crippen LogP contribution in [0.2, 0.25) is 10.0 Å². The van der Waals surface area contributed by atoms with Crippen LogP contribution in [-0.4, -0.2) is 88.2 Å². The van der Waals surface area contributed by atoms with Gasteiger partial charge in [0.1, 0.15) is 48.1 Å². The number of carboxylic acid groups (broad SMARTS) is 2. The van der Waals surface area contributed by atoms with E-state index in [9.17, 15) is 29.4 Å². The van der Waals surface area contributed by atoms with Gasteiger partial charge in [0.15, 0.2) is 0 Å². The van der Waals surface area contributed by atoms with Gasteiger partial charge in [0.25, 0.3) is 11.8 Å². The predicted molar refractivity (Wildman–Crippen MR) is 238 cm³/mol. The standard InChI is InChI=1S/2C24H24ClN3O4/c2*1-27-18-8-3-2-7-17(18)26-23(27)21-22(15-5-4-6-16(25)11-15)32-19(12-20(29)30)24(31)28(21)13-14-9-10-14/h2*2-8,11,14,19,21-22H,9-10,12-13H2,1H3,(H,29,30)/t2*19-,21-,22+/m10/s1. The molecule has 2 aliphatic carbocycles. The Morgan fingerprint density at radius 2 is 1.00 bits per heavy atom. The predicted octanol–water partition coefficient (Wildman–Crippen LogP) is 8.24. The lowest BCUT2D eigenvalue weighted by atomic mass is 9.95. The van der Waals surface area contributed by atoms with Crippen LogP contribution in [0.4, 0.5) is 0 Å². The monoisotopic (exact) mass is 906 g/mol. The Morgan fingerprint density at radius 3 is 1.34 bits per heavy atom. The smallest absolute Gasteiger partial charge is 0.306 e. The van der Waals surface area contributed by atoms with Gasteiger partial charge in [-0.25, -0.2) is 9.97 Å². The summed E-state index contributed by atoms with van der Waals surface area (Å²) in [4.78, 5) is 63.2. The van der Waals surface area contributed by atoms with Crippen molar-refractivity contribution in [2.45, 2.75) is 75.0 Å². The van der Waals surface area contributed by atoms with Crippen molar-refractivity contribution >= 4 is 69.0 Å². The minimum atomic E-state index is -1.07. The zero-order valence-electron chi connectivity index (χ0n) is 35.3. The molecule has 14 nitrogen and oxygen atoms in total. The summed E-state index contributed by atoms with van der Waals surface area (Å²) >= 11 is 12.6. The molecule has 0 spiro atoms. The van der Waals surface area contributed by atoms with Crippen molar-refractivity contribution in [3.8, 4) is 0 Å². The molecule has 2 amide bonds. The number of aliphatic carboxylic acids is 2. The van der Waals surface area contributed by atoms with Crippen molar-refractivity contribution in [1.82, 2.24) is 28.9 Å². The van der Waals surface area contributed by atoms with Crippen molar-refractivity contribution in [2.24, 2.45) is 25.9 Å². The van der Waals surface area contributed by atoms with E-state index in [4.69, 9.17) is 42.6 Å². The van der Waals surface area contributed by atoms with Crippen LogP contribution in [0.3, 0.4) is 0 Å². The normalized spacial score (nSPS) is 23.6. The van der Waals surface area contributed by atoms with Gasteiger partial charge in [-0.3, -0.25) is 19.2 Å². The van der Waals surface area contributed by atoms with Gasteiger partial charge in [0.2, 0.25) is 0 Å². The highest BCUT2D eigenvalue weighted by atomic mass is 35.5. The van der Waals surface area contributed by atoms with E-state index in [1.54, 1.807) is 21.9 Å². The van der Waals surface area contributed by atoms with Crippen LogP contribution in [0, 0.1) is 11.8 Å². The summed E-state index contributed by atoms with van der Waals surface area (Å²) in [6.45, 7) is 1.12. The fourth-order valence-electron chi connectivity index (χ4n) is 9.04. The van der Waals surface area contributed by atoms with E-state index in [-0.39, 0.29) is 24.7 Å². The Bertz CT molecular complexity index is 2560. The number of amides is 2. The van der Waals surface area contributed by atoms with Crippen LogP contribution in [0.1, 0.15) is 85.6 Å². The summed E-state index contributed by atoms with van der Waals surface area (Å²) in [7, 11) is 3.87. The van der Waals surface area contributed by atoms with E-state index in [1.807, 2.05) is 108 Å². The maximum absolute atomic E-state index is 13.5. The second kappa shape index (κ2) is 18.0. The molecule has 4 heterocycles. The molecule has 2 saturated heterocycles. The van der Waals surface area contributed by atoms with Crippen molar-refractivity contribution in [3.63, 3.8) is 0 Å². The fourth-order valence-corrected chi connectivity index (χ4v) is 9.44. The lowest BCUT2D eigenvalue weighted by Crippen LogP contribution is -2.52. The number of imidazole rings is 2. The molecule has 4 aliphatic rings. The van der Waals surface area contributed by atoms with Gasteiger partial charge < -0.3 is 38.6 Å². The second-order valence-electron chi connectivity index (χ2n) is 17.2. The number of aromatic nitrogens is 4. The van der Waals surface area contributed by atoms with Crippen LogP contribution in [0.5, 0.6) is 0 Å². The molecule has 4 aromatic carbocycles. The van der Waals surface area contributed by atoms with Gasteiger partial charge in [0.05, 0.1) is 34.9 Å². The minimum Gasteiger partial charge on any atom is -0.481 e. The van der Waals surface area contributed by atoms with E-state index >= 15 is 0 Å². The van der Waals surface area contributed by atoms with Crippen LogP contribution < -0.4 is 0 Å². The van der Waals surface area contributed by atoms with Crippen molar-refractivity contribution < 1.29 is 38.9 Å². The number of nitrogens with zero attached hydrogens (tertiary/aromatic N) is 6. The Balaban J connectivity index is 0.000000162. The molecule has 0 radical (unpaired) electrons. The molecule has 4 fully saturated rings. The molecule has 0 bridgehead atoms. The molecule has 2 saturated carbocycles. The third-order valence-electron chi connectivity index (χ3n) is 12.5. The Hall–Kier alpha value is -5.80. The highest BCUT2D eigenvalue weighted by molar-refractivity contribution is 6.30. The molecular weight excluding hydrogens is 859 g/mol. The molecule has 6 aromatic rings. The maximum atomic E-state index is 13.5. The first-order chi connectivity index (χ1) is 30.8. The largest absolute Gasteiger partial charge is 0.481 e.